The number of amides is 1. The van der Waals surface area contributed by atoms with E-state index in [1.807, 2.05) is 0 Å². The molecule has 2 aromatic heterocycles. The van der Waals surface area contributed by atoms with E-state index in [4.69, 9.17) is 5.73 Å². The third-order valence-corrected chi connectivity index (χ3v) is 2.92. The molecule has 0 saturated heterocycles. The van der Waals surface area contributed by atoms with Crippen LogP contribution < -0.4 is 10.5 Å². The van der Waals surface area contributed by atoms with Gasteiger partial charge < -0.3 is 10.3 Å². The minimum absolute atomic E-state index is 0.0919. The molecule has 2 aromatic rings. The van der Waals surface area contributed by atoms with Gasteiger partial charge in [-0.2, -0.15) is 0 Å². The number of primary amides is 1. The molecule has 2 heterocycles. The minimum atomic E-state index is -3.53. The van der Waals surface area contributed by atoms with Gasteiger partial charge in [-0.15, -0.1) is 0 Å². The second-order valence-corrected chi connectivity index (χ2v) is 5.65. The SMILES string of the molecule is CS(=O)(=O)Nc1c(C(N)=O)ccn1-c1cccnc1. The summed E-state index contributed by atoms with van der Waals surface area (Å²) >= 11 is 0. The van der Waals surface area contributed by atoms with Crippen molar-refractivity contribution in [2.45, 2.75) is 0 Å². The van der Waals surface area contributed by atoms with Crippen LogP contribution in [0, 0.1) is 0 Å². The smallest absolute Gasteiger partial charge is 0.252 e. The highest BCUT2D eigenvalue weighted by atomic mass is 32.2. The van der Waals surface area contributed by atoms with E-state index in [0.717, 1.165) is 6.26 Å². The summed E-state index contributed by atoms with van der Waals surface area (Å²) in [5.74, 6) is -0.614. The van der Waals surface area contributed by atoms with Crippen LogP contribution in [-0.4, -0.2) is 30.1 Å². The Kier molecular flexibility index (Phi) is 3.26. The molecule has 0 aliphatic heterocycles. The van der Waals surface area contributed by atoms with Gasteiger partial charge in [-0.1, -0.05) is 0 Å². The number of hydrogen-bond donors (Lipinski definition) is 2. The van der Waals surface area contributed by atoms with E-state index in [-0.39, 0.29) is 11.4 Å². The molecule has 8 heteroatoms. The molecule has 0 aliphatic rings. The topological polar surface area (TPSA) is 107 Å². The zero-order valence-electron chi connectivity index (χ0n) is 10.1. The van der Waals surface area contributed by atoms with Crippen LogP contribution in [0.3, 0.4) is 0 Å². The Bertz CT molecular complexity index is 707. The summed E-state index contributed by atoms with van der Waals surface area (Å²) in [6.07, 6.45) is 5.67. The van der Waals surface area contributed by atoms with Gasteiger partial charge in [-0.3, -0.25) is 14.5 Å². The van der Waals surface area contributed by atoms with Crippen molar-refractivity contribution in [3.8, 4) is 5.69 Å². The first-order valence-electron chi connectivity index (χ1n) is 5.28. The highest BCUT2D eigenvalue weighted by molar-refractivity contribution is 7.92. The van der Waals surface area contributed by atoms with Crippen molar-refractivity contribution >= 4 is 21.7 Å². The fraction of sp³-hybridized carbons (Fsp3) is 0.0909. The maximum absolute atomic E-state index is 11.4. The van der Waals surface area contributed by atoms with Crippen molar-refractivity contribution in [2.75, 3.05) is 11.0 Å². The molecular weight excluding hydrogens is 268 g/mol. The standard InChI is InChI=1S/C11H12N4O3S/c1-19(17,18)14-11-9(10(12)16)4-6-15(11)8-3-2-5-13-7-8/h2-7,14H,1H3,(H2,12,16). The Balaban J connectivity index is 2.60. The number of nitrogens with two attached hydrogens (primary N) is 1. The molecule has 2 rings (SSSR count). The molecule has 0 spiro atoms. The fourth-order valence-corrected chi connectivity index (χ4v) is 2.18. The summed E-state index contributed by atoms with van der Waals surface area (Å²) < 4.78 is 26.5. The normalized spacial score (nSPS) is 11.2. The summed E-state index contributed by atoms with van der Waals surface area (Å²) in [4.78, 5) is 15.2. The zero-order chi connectivity index (χ0) is 14.0. The second-order valence-electron chi connectivity index (χ2n) is 3.90. The van der Waals surface area contributed by atoms with Crippen molar-refractivity contribution < 1.29 is 13.2 Å². The molecule has 3 N–H and O–H groups in total. The molecular formula is C11H12N4O3S. The average Bonchev–Trinajstić information content (AvgIpc) is 2.71. The molecule has 0 bridgehead atoms. The van der Waals surface area contributed by atoms with Crippen LogP contribution in [0.25, 0.3) is 5.69 Å². The lowest BCUT2D eigenvalue weighted by Gasteiger charge is -2.11. The Morgan fingerprint density at radius 1 is 1.42 bits per heavy atom. The van der Waals surface area contributed by atoms with Crippen molar-refractivity contribution in [2.24, 2.45) is 5.73 Å². The van der Waals surface area contributed by atoms with E-state index < -0.39 is 15.9 Å². The molecule has 0 radical (unpaired) electrons. The van der Waals surface area contributed by atoms with E-state index in [1.165, 1.54) is 16.8 Å². The van der Waals surface area contributed by atoms with Crippen LogP contribution in [-0.2, 0) is 10.0 Å². The number of hydrogen-bond acceptors (Lipinski definition) is 4. The zero-order valence-corrected chi connectivity index (χ0v) is 10.9. The molecule has 19 heavy (non-hydrogen) atoms. The lowest BCUT2D eigenvalue weighted by Crippen LogP contribution is -2.18. The number of carbonyl (C=O) groups excluding carboxylic acids is 1. The second kappa shape index (κ2) is 4.73. The van der Waals surface area contributed by atoms with Gasteiger partial charge >= 0.3 is 0 Å². The lowest BCUT2D eigenvalue weighted by atomic mass is 10.3. The van der Waals surface area contributed by atoms with Crippen molar-refractivity contribution in [1.82, 2.24) is 9.55 Å². The summed E-state index contributed by atoms with van der Waals surface area (Å²) in [5.41, 5.74) is 5.93. The Morgan fingerprint density at radius 3 is 2.68 bits per heavy atom. The Labute approximate surface area is 110 Å². The number of anilines is 1. The van der Waals surface area contributed by atoms with Gasteiger partial charge in [0.15, 0.2) is 0 Å². The number of nitrogens with zero attached hydrogens (tertiary/aromatic N) is 2. The third kappa shape index (κ3) is 2.91. The average molecular weight is 280 g/mol. The van der Waals surface area contributed by atoms with Gasteiger partial charge in [-0.05, 0) is 18.2 Å². The Morgan fingerprint density at radius 2 is 2.16 bits per heavy atom. The largest absolute Gasteiger partial charge is 0.365 e. The molecule has 7 nitrogen and oxygen atoms in total. The number of aromatic nitrogens is 2. The summed E-state index contributed by atoms with van der Waals surface area (Å²) in [6, 6.07) is 4.87. The van der Waals surface area contributed by atoms with Gasteiger partial charge in [-0.25, -0.2) is 8.42 Å². The van der Waals surface area contributed by atoms with Crippen LogP contribution in [0.4, 0.5) is 5.82 Å². The predicted octanol–water partition coefficient (Wildman–Crippen LogP) is 0.343. The Hall–Kier alpha value is -2.35. The van der Waals surface area contributed by atoms with Gasteiger partial charge in [0.25, 0.3) is 5.91 Å². The molecule has 0 aliphatic carbocycles. The molecule has 0 atom stereocenters. The lowest BCUT2D eigenvalue weighted by molar-refractivity contribution is 0.100. The fourth-order valence-electron chi connectivity index (χ4n) is 1.62. The summed E-state index contributed by atoms with van der Waals surface area (Å²) in [6.45, 7) is 0. The molecule has 0 aromatic carbocycles. The van der Waals surface area contributed by atoms with Crippen LogP contribution in [0.5, 0.6) is 0 Å². The highest BCUT2D eigenvalue weighted by Gasteiger charge is 2.17. The highest BCUT2D eigenvalue weighted by Crippen LogP contribution is 2.22. The predicted molar refractivity (Wildman–Crippen MR) is 70.5 cm³/mol. The molecule has 0 unspecified atom stereocenters. The first-order valence-corrected chi connectivity index (χ1v) is 7.17. The van der Waals surface area contributed by atoms with Crippen LogP contribution in [0.15, 0.2) is 36.8 Å². The van der Waals surface area contributed by atoms with E-state index >= 15 is 0 Å². The number of sulfonamides is 1. The van der Waals surface area contributed by atoms with E-state index in [9.17, 15) is 13.2 Å². The quantitative estimate of drug-likeness (QED) is 0.842. The maximum Gasteiger partial charge on any atom is 0.252 e. The van der Waals surface area contributed by atoms with Gasteiger partial charge in [0.2, 0.25) is 10.0 Å². The van der Waals surface area contributed by atoms with Crippen LogP contribution in [0.2, 0.25) is 0 Å². The summed E-state index contributed by atoms with van der Waals surface area (Å²) in [5, 5.41) is 0. The number of pyridine rings is 1. The molecule has 0 fully saturated rings. The first kappa shape index (κ1) is 13.1. The number of nitrogens with one attached hydrogen (secondary N) is 1. The number of carbonyl (C=O) groups is 1. The van der Waals surface area contributed by atoms with Gasteiger partial charge in [0, 0.05) is 12.4 Å². The summed E-state index contributed by atoms with van der Waals surface area (Å²) in [7, 11) is -3.53. The van der Waals surface area contributed by atoms with E-state index in [1.54, 1.807) is 24.5 Å². The molecule has 100 valence electrons. The van der Waals surface area contributed by atoms with E-state index in [2.05, 4.69) is 9.71 Å². The van der Waals surface area contributed by atoms with Crippen molar-refractivity contribution in [3.05, 3.63) is 42.4 Å². The van der Waals surface area contributed by atoms with Gasteiger partial charge in [0.05, 0.1) is 23.7 Å². The van der Waals surface area contributed by atoms with Crippen molar-refractivity contribution in [3.63, 3.8) is 0 Å². The van der Waals surface area contributed by atoms with Crippen LogP contribution >= 0.6 is 0 Å². The van der Waals surface area contributed by atoms with Gasteiger partial charge in [0.1, 0.15) is 5.82 Å². The third-order valence-electron chi connectivity index (χ3n) is 2.36. The van der Waals surface area contributed by atoms with E-state index in [0.29, 0.717) is 5.69 Å². The number of rotatable bonds is 4. The first-order chi connectivity index (χ1) is 8.88. The monoisotopic (exact) mass is 280 g/mol. The van der Waals surface area contributed by atoms with Crippen molar-refractivity contribution in [1.29, 1.82) is 0 Å². The molecule has 0 saturated carbocycles. The molecule has 1 amide bonds. The van der Waals surface area contributed by atoms with Crippen LogP contribution in [0.1, 0.15) is 10.4 Å². The minimum Gasteiger partial charge on any atom is -0.365 e. The maximum atomic E-state index is 11.4.